The Labute approximate surface area is 132 Å². The number of nitrogens with zero attached hydrogens (tertiary/aromatic N) is 2. The van der Waals surface area contributed by atoms with E-state index in [1.54, 1.807) is 12.1 Å². The fourth-order valence-electron chi connectivity index (χ4n) is 2.62. The van der Waals surface area contributed by atoms with Crippen molar-refractivity contribution in [2.24, 2.45) is 5.14 Å². The Bertz CT molecular complexity index is 746. The second-order valence-electron chi connectivity index (χ2n) is 5.56. The molecule has 0 aliphatic rings. The molecular weight excluding hydrogens is 298 g/mol. The maximum absolute atomic E-state index is 11.3. The van der Waals surface area contributed by atoms with Crippen LogP contribution in [0.4, 0.5) is 0 Å². The summed E-state index contributed by atoms with van der Waals surface area (Å²) in [4.78, 5) is 0.112. The second kappa shape index (κ2) is 6.62. The number of sulfonamides is 1. The molecule has 0 unspecified atom stereocenters. The lowest BCUT2D eigenvalue weighted by atomic mass is 10.1. The van der Waals surface area contributed by atoms with E-state index < -0.39 is 10.0 Å². The quantitative estimate of drug-likeness (QED) is 0.831. The van der Waals surface area contributed by atoms with Crippen molar-refractivity contribution in [1.29, 1.82) is 0 Å². The van der Waals surface area contributed by atoms with Crippen LogP contribution in [-0.2, 0) is 16.4 Å². The van der Waals surface area contributed by atoms with Crippen molar-refractivity contribution in [3.8, 4) is 5.69 Å². The minimum absolute atomic E-state index is 0.112. The lowest BCUT2D eigenvalue weighted by molar-refractivity contribution is 0.598. The first-order valence-corrected chi connectivity index (χ1v) is 9.07. The predicted octanol–water partition coefficient (Wildman–Crippen LogP) is 2.87. The third-order valence-corrected chi connectivity index (χ3v) is 4.81. The number of hydrogen-bond acceptors (Lipinski definition) is 3. The standard InChI is InChI=1S/C16H23N3O2S/c1-4-5-6-7-16-12(2)18-19(13(16)3)14-8-10-15(11-9-14)22(17,20)21/h8-11H,4-7H2,1-3H3,(H2,17,20,21). The fourth-order valence-corrected chi connectivity index (χ4v) is 3.13. The molecule has 0 saturated carbocycles. The number of hydrogen-bond donors (Lipinski definition) is 1. The van der Waals surface area contributed by atoms with Crippen molar-refractivity contribution >= 4 is 10.0 Å². The van der Waals surface area contributed by atoms with Gasteiger partial charge in [0.05, 0.1) is 16.3 Å². The zero-order valence-corrected chi connectivity index (χ0v) is 14.2. The summed E-state index contributed by atoms with van der Waals surface area (Å²) in [6, 6.07) is 6.49. The van der Waals surface area contributed by atoms with E-state index in [4.69, 9.17) is 5.14 Å². The molecule has 0 aliphatic carbocycles. The van der Waals surface area contributed by atoms with Gasteiger partial charge in [0.1, 0.15) is 0 Å². The molecule has 120 valence electrons. The molecule has 1 heterocycles. The summed E-state index contributed by atoms with van der Waals surface area (Å²) < 4.78 is 24.5. The van der Waals surface area contributed by atoms with Gasteiger partial charge < -0.3 is 0 Å². The maximum atomic E-state index is 11.3. The van der Waals surface area contributed by atoms with Gasteiger partial charge in [-0.25, -0.2) is 18.2 Å². The number of benzene rings is 1. The molecule has 0 bridgehead atoms. The summed E-state index contributed by atoms with van der Waals surface area (Å²) in [7, 11) is -3.66. The zero-order chi connectivity index (χ0) is 16.3. The molecule has 22 heavy (non-hydrogen) atoms. The van der Waals surface area contributed by atoms with Gasteiger partial charge in [-0.15, -0.1) is 0 Å². The number of aromatic nitrogens is 2. The summed E-state index contributed by atoms with van der Waals surface area (Å²) >= 11 is 0. The monoisotopic (exact) mass is 321 g/mol. The number of unbranched alkanes of at least 4 members (excludes halogenated alkanes) is 2. The van der Waals surface area contributed by atoms with Crippen LogP contribution in [0.1, 0.15) is 43.1 Å². The third kappa shape index (κ3) is 3.56. The summed E-state index contributed by atoms with van der Waals surface area (Å²) in [5.74, 6) is 0. The van der Waals surface area contributed by atoms with Gasteiger partial charge >= 0.3 is 0 Å². The van der Waals surface area contributed by atoms with Crippen molar-refractivity contribution in [2.45, 2.75) is 51.3 Å². The van der Waals surface area contributed by atoms with Gasteiger partial charge in [-0.3, -0.25) is 0 Å². The minimum Gasteiger partial charge on any atom is -0.238 e. The molecule has 0 amide bonds. The van der Waals surface area contributed by atoms with Crippen molar-refractivity contribution < 1.29 is 8.42 Å². The summed E-state index contributed by atoms with van der Waals surface area (Å²) in [5, 5.41) is 9.71. The lowest BCUT2D eigenvalue weighted by Crippen LogP contribution is -2.12. The Balaban J connectivity index is 2.31. The average molecular weight is 321 g/mol. The maximum Gasteiger partial charge on any atom is 0.238 e. The summed E-state index contributed by atoms with van der Waals surface area (Å²) in [6.07, 6.45) is 4.60. The van der Waals surface area contributed by atoms with Crippen LogP contribution in [0, 0.1) is 13.8 Å². The SMILES string of the molecule is CCCCCc1c(C)nn(-c2ccc(S(N)(=O)=O)cc2)c1C. The van der Waals surface area contributed by atoms with Crippen molar-refractivity contribution in [1.82, 2.24) is 9.78 Å². The van der Waals surface area contributed by atoms with Gasteiger partial charge in [0.25, 0.3) is 0 Å². The van der Waals surface area contributed by atoms with Crippen molar-refractivity contribution in [2.75, 3.05) is 0 Å². The van der Waals surface area contributed by atoms with E-state index in [2.05, 4.69) is 18.9 Å². The highest BCUT2D eigenvalue weighted by atomic mass is 32.2. The lowest BCUT2D eigenvalue weighted by Gasteiger charge is -2.06. The molecule has 2 aromatic rings. The first kappa shape index (κ1) is 16.7. The number of rotatable bonds is 6. The average Bonchev–Trinajstić information content (AvgIpc) is 2.74. The van der Waals surface area contributed by atoms with Gasteiger partial charge in [0.2, 0.25) is 10.0 Å². The Morgan fingerprint density at radius 3 is 2.32 bits per heavy atom. The highest BCUT2D eigenvalue weighted by Crippen LogP contribution is 2.21. The number of nitrogens with two attached hydrogens (primary N) is 1. The highest BCUT2D eigenvalue weighted by Gasteiger charge is 2.13. The van der Waals surface area contributed by atoms with Crippen LogP contribution in [0.3, 0.4) is 0 Å². The predicted molar refractivity (Wildman–Crippen MR) is 87.6 cm³/mol. The van der Waals surface area contributed by atoms with E-state index in [1.807, 2.05) is 11.6 Å². The van der Waals surface area contributed by atoms with Crippen LogP contribution in [0.15, 0.2) is 29.2 Å². The van der Waals surface area contributed by atoms with Crippen LogP contribution in [0.5, 0.6) is 0 Å². The Kier molecular flexibility index (Phi) is 5.03. The second-order valence-corrected chi connectivity index (χ2v) is 7.12. The Hall–Kier alpha value is -1.66. The molecule has 5 nitrogen and oxygen atoms in total. The number of primary sulfonamides is 1. The first-order chi connectivity index (χ1) is 10.3. The molecule has 0 saturated heterocycles. The zero-order valence-electron chi connectivity index (χ0n) is 13.3. The van der Waals surface area contributed by atoms with Gasteiger partial charge in [-0.2, -0.15) is 5.10 Å². The summed E-state index contributed by atoms with van der Waals surface area (Å²) in [6.45, 7) is 6.26. The largest absolute Gasteiger partial charge is 0.238 e. The van der Waals surface area contributed by atoms with Crippen LogP contribution in [-0.4, -0.2) is 18.2 Å². The molecule has 1 aromatic carbocycles. The molecule has 0 spiro atoms. The first-order valence-electron chi connectivity index (χ1n) is 7.53. The van der Waals surface area contributed by atoms with Gasteiger partial charge in [0.15, 0.2) is 0 Å². The van der Waals surface area contributed by atoms with Gasteiger partial charge in [-0.1, -0.05) is 19.8 Å². The fraction of sp³-hybridized carbons (Fsp3) is 0.438. The molecule has 0 fully saturated rings. The van der Waals surface area contributed by atoms with Crippen molar-refractivity contribution in [3.63, 3.8) is 0 Å². The molecule has 1 aromatic heterocycles. The Morgan fingerprint density at radius 2 is 1.77 bits per heavy atom. The third-order valence-electron chi connectivity index (χ3n) is 3.88. The van der Waals surface area contributed by atoms with E-state index in [-0.39, 0.29) is 4.90 Å². The van der Waals surface area contributed by atoms with E-state index >= 15 is 0 Å². The number of aryl methyl sites for hydroxylation is 1. The molecule has 0 aliphatic heterocycles. The van der Waals surface area contributed by atoms with E-state index in [1.165, 1.54) is 30.5 Å². The van der Waals surface area contributed by atoms with Crippen LogP contribution < -0.4 is 5.14 Å². The highest BCUT2D eigenvalue weighted by molar-refractivity contribution is 7.89. The van der Waals surface area contributed by atoms with Crippen LogP contribution in [0.25, 0.3) is 5.69 Å². The summed E-state index contributed by atoms with van der Waals surface area (Å²) in [5.41, 5.74) is 4.26. The van der Waals surface area contributed by atoms with Crippen LogP contribution >= 0.6 is 0 Å². The molecule has 6 heteroatoms. The van der Waals surface area contributed by atoms with Crippen LogP contribution in [0.2, 0.25) is 0 Å². The topological polar surface area (TPSA) is 78.0 Å². The smallest absolute Gasteiger partial charge is 0.238 e. The van der Waals surface area contributed by atoms with Gasteiger partial charge in [-0.05, 0) is 56.5 Å². The van der Waals surface area contributed by atoms with E-state index in [9.17, 15) is 8.42 Å². The minimum atomic E-state index is -3.66. The molecular formula is C16H23N3O2S. The van der Waals surface area contributed by atoms with E-state index in [0.717, 1.165) is 29.9 Å². The Morgan fingerprint density at radius 1 is 1.14 bits per heavy atom. The molecule has 2 N–H and O–H groups in total. The van der Waals surface area contributed by atoms with Crippen molar-refractivity contribution in [3.05, 3.63) is 41.2 Å². The van der Waals surface area contributed by atoms with E-state index in [0.29, 0.717) is 0 Å². The van der Waals surface area contributed by atoms with Gasteiger partial charge in [0, 0.05) is 5.69 Å². The normalized spacial score (nSPS) is 11.8. The molecule has 2 rings (SSSR count). The molecule has 0 atom stereocenters. The molecule has 0 radical (unpaired) electrons.